The van der Waals surface area contributed by atoms with Crippen LogP contribution in [0.15, 0.2) is 0 Å². The van der Waals surface area contributed by atoms with E-state index in [4.69, 9.17) is 0 Å². The van der Waals surface area contributed by atoms with Crippen molar-refractivity contribution in [2.45, 2.75) is 25.4 Å². The van der Waals surface area contributed by atoms with E-state index < -0.39 is 12.6 Å². The summed E-state index contributed by atoms with van der Waals surface area (Å²) in [4.78, 5) is 0. The standard InChI is InChI=1S/C9H17F3N2/c10-9(11,12)3-1-2-4-13-5-8-6-14-7-8/h8,13-14H,1-7H2. The predicted octanol–water partition coefficient (Wildman–Crippen LogP) is 1.53. The molecule has 0 atom stereocenters. The fraction of sp³-hybridized carbons (Fsp3) is 1.00. The quantitative estimate of drug-likeness (QED) is 0.650. The smallest absolute Gasteiger partial charge is 0.316 e. The summed E-state index contributed by atoms with van der Waals surface area (Å²) >= 11 is 0. The second-order valence-electron chi connectivity index (χ2n) is 3.80. The fourth-order valence-electron chi connectivity index (χ4n) is 1.37. The van der Waals surface area contributed by atoms with Crippen LogP contribution in [0.5, 0.6) is 0 Å². The zero-order chi connectivity index (χ0) is 10.4. The number of nitrogens with one attached hydrogen (secondary N) is 2. The maximum absolute atomic E-state index is 11.7. The largest absolute Gasteiger partial charge is 0.389 e. The summed E-state index contributed by atoms with van der Waals surface area (Å²) in [6, 6.07) is 0. The van der Waals surface area contributed by atoms with Crippen LogP contribution in [0.25, 0.3) is 0 Å². The topological polar surface area (TPSA) is 24.1 Å². The Bertz CT molecular complexity index is 155. The second-order valence-corrected chi connectivity index (χ2v) is 3.80. The fourth-order valence-corrected chi connectivity index (χ4v) is 1.37. The third-order valence-corrected chi connectivity index (χ3v) is 2.36. The zero-order valence-electron chi connectivity index (χ0n) is 8.16. The summed E-state index contributed by atoms with van der Waals surface area (Å²) < 4.78 is 35.2. The molecule has 2 nitrogen and oxygen atoms in total. The minimum atomic E-state index is -3.99. The van der Waals surface area contributed by atoms with Gasteiger partial charge >= 0.3 is 6.18 Å². The molecule has 0 bridgehead atoms. The van der Waals surface area contributed by atoms with Gasteiger partial charge in [0.15, 0.2) is 0 Å². The van der Waals surface area contributed by atoms with Crippen molar-refractivity contribution in [1.82, 2.24) is 10.6 Å². The highest BCUT2D eigenvalue weighted by atomic mass is 19.4. The summed E-state index contributed by atoms with van der Waals surface area (Å²) in [5.41, 5.74) is 0. The highest BCUT2D eigenvalue weighted by Gasteiger charge is 2.25. The van der Waals surface area contributed by atoms with Crippen molar-refractivity contribution in [2.75, 3.05) is 26.2 Å². The molecule has 2 N–H and O–H groups in total. The van der Waals surface area contributed by atoms with Crippen LogP contribution in [0.2, 0.25) is 0 Å². The van der Waals surface area contributed by atoms with Crippen LogP contribution in [0.3, 0.4) is 0 Å². The van der Waals surface area contributed by atoms with Crippen LogP contribution in [0.4, 0.5) is 13.2 Å². The van der Waals surface area contributed by atoms with Crippen molar-refractivity contribution < 1.29 is 13.2 Å². The maximum atomic E-state index is 11.7. The van der Waals surface area contributed by atoms with E-state index in [-0.39, 0.29) is 6.42 Å². The molecule has 1 aliphatic rings. The summed E-state index contributed by atoms with van der Waals surface area (Å²) in [7, 11) is 0. The Hall–Kier alpha value is -0.290. The van der Waals surface area contributed by atoms with Gasteiger partial charge in [0.05, 0.1) is 0 Å². The number of hydrogen-bond acceptors (Lipinski definition) is 2. The lowest BCUT2D eigenvalue weighted by Gasteiger charge is -2.27. The molecule has 1 saturated heterocycles. The Labute approximate surface area is 82.2 Å². The molecule has 0 radical (unpaired) electrons. The molecular weight excluding hydrogens is 193 g/mol. The van der Waals surface area contributed by atoms with Crippen molar-refractivity contribution in [2.24, 2.45) is 5.92 Å². The maximum Gasteiger partial charge on any atom is 0.389 e. The highest BCUT2D eigenvalue weighted by molar-refractivity contribution is 4.76. The molecule has 0 unspecified atom stereocenters. The van der Waals surface area contributed by atoms with Gasteiger partial charge in [-0.25, -0.2) is 0 Å². The molecule has 5 heteroatoms. The van der Waals surface area contributed by atoms with Gasteiger partial charge in [-0.15, -0.1) is 0 Å². The van der Waals surface area contributed by atoms with Gasteiger partial charge in [0.25, 0.3) is 0 Å². The lowest BCUT2D eigenvalue weighted by molar-refractivity contribution is -0.135. The summed E-state index contributed by atoms with van der Waals surface area (Å²) in [6.45, 7) is 3.71. The van der Waals surface area contributed by atoms with Gasteiger partial charge in [-0.05, 0) is 25.3 Å². The van der Waals surface area contributed by atoms with E-state index in [0.717, 1.165) is 19.6 Å². The van der Waals surface area contributed by atoms with E-state index >= 15 is 0 Å². The molecule has 0 aromatic carbocycles. The third kappa shape index (κ3) is 5.44. The van der Waals surface area contributed by atoms with E-state index in [0.29, 0.717) is 18.9 Å². The minimum Gasteiger partial charge on any atom is -0.316 e. The molecule has 0 aliphatic carbocycles. The van der Waals surface area contributed by atoms with Crippen LogP contribution in [-0.2, 0) is 0 Å². The van der Waals surface area contributed by atoms with Crippen molar-refractivity contribution in [3.05, 3.63) is 0 Å². The molecule has 14 heavy (non-hydrogen) atoms. The van der Waals surface area contributed by atoms with E-state index in [1.165, 1.54) is 0 Å². The zero-order valence-corrected chi connectivity index (χ0v) is 8.16. The van der Waals surface area contributed by atoms with Crippen LogP contribution < -0.4 is 10.6 Å². The van der Waals surface area contributed by atoms with Crippen LogP contribution in [0, 0.1) is 5.92 Å². The Morgan fingerprint density at radius 1 is 1.21 bits per heavy atom. The average Bonchev–Trinajstić information content (AvgIpc) is 1.97. The monoisotopic (exact) mass is 210 g/mol. The van der Waals surface area contributed by atoms with Gasteiger partial charge < -0.3 is 10.6 Å². The molecule has 1 aliphatic heterocycles. The van der Waals surface area contributed by atoms with E-state index in [1.54, 1.807) is 0 Å². The van der Waals surface area contributed by atoms with Crippen molar-refractivity contribution >= 4 is 0 Å². The van der Waals surface area contributed by atoms with Crippen molar-refractivity contribution in [3.63, 3.8) is 0 Å². The number of alkyl halides is 3. The normalized spacial score (nSPS) is 18.2. The van der Waals surface area contributed by atoms with Gasteiger partial charge in [0.1, 0.15) is 0 Å². The van der Waals surface area contributed by atoms with Gasteiger partial charge in [-0.2, -0.15) is 13.2 Å². The number of rotatable bonds is 6. The Balaban J connectivity index is 1.80. The average molecular weight is 210 g/mol. The van der Waals surface area contributed by atoms with E-state index in [2.05, 4.69) is 10.6 Å². The SMILES string of the molecule is FC(F)(F)CCCCNCC1CNC1. The number of hydrogen-bond donors (Lipinski definition) is 2. The van der Waals surface area contributed by atoms with Gasteiger partial charge in [-0.1, -0.05) is 0 Å². The molecule has 1 rings (SSSR count). The first-order valence-corrected chi connectivity index (χ1v) is 5.06. The molecule has 0 amide bonds. The van der Waals surface area contributed by atoms with Crippen molar-refractivity contribution in [1.29, 1.82) is 0 Å². The summed E-state index contributed by atoms with van der Waals surface area (Å²) in [6.07, 6.45) is -3.80. The lowest BCUT2D eigenvalue weighted by Crippen LogP contribution is -2.47. The first-order chi connectivity index (χ1) is 6.58. The first kappa shape index (κ1) is 11.8. The van der Waals surface area contributed by atoms with Crippen LogP contribution >= 0.6 is 0 Å². The van der Waals surface area contributed by atoms with Crippen LogP contribution in [-0.4, -0.2) is 32.4 Å². The third-order valence-electron chi connectivity index (χ3n) is 2.36. The minimum absolute atomic E-state index is 0.236. The predicted molar refractivity (Wildman–Crippen MR) is 49.1 cm³/mol. The number of unbranched alkanes of at least 4 members (excludes halogenated alkanes) is 1. The van der Waals surface area contributed by atoms with Gasteiger partial charge in [0, 0.05) is 26.1 Å². The number of halogens is 3. The molecule has 0 saturated carbocycles. The van der Waals surface area contributed by atoms with E-state index in [9.17, 15) is 13.2 Å². The highest BCUT2D eigenvalue weighted by Crippen LogP contribution is 2.21. The molecule has 0 spiro atoms. The lowest BCUT2D eigenvalue weighted by atomic mass is 10.0. The van der Waals surface area contributed by atoms with E-state index in [1.807, 2.05) is 0 Å². The van der Waals surface area contributed by atoms with Crippen LogP contribution in [0.1, 0.15) is 19.3 Å². The Morgan fingerprint density at radius 3 is 2.43 bits per heavy atom. The van der Waals surface area contributed by atoms with Gasteiger partial charge in [0.2, 0.25) is 0 Å². The summed E-state index contributed by atoms with van der Waals surface area (Å²) in [5.74, 6) is 0.678. The first-order valence-electron chi connectivity index (χ1n) is 5.06. The Morgan fingerprint density at radius 2 is 1.93 bits per heavy atom. The van der Waals surface area contributed by atoms with Crippen molar-refractivity contribution in [3.8, 4) is 0 Å². The molecule has 0 aromatic rings. The summed E-state index contributed by atoms with van der Waals surface area (Å²) in [5, 5.41) is 6.31. The molecule has 1 fully saturated rings. The Kier molecular flexibility index (Phi) is 4.68. The second kappa shape index (κ2) is 5.56. The van der Waals surface area contributed by atoms with Gasteiger partial charge in [-0.3, -0.25) is 0 Å². The molecule has 0 aromatic heterocycles. The molecule has 1 heterocycles. The molecular formula is C9H17F3N2. The molecule has 84 valence electrons.